The molecule has 0 unspecified atom stereocenters. The van der Waals surface area contributed by atoms with Crippen LogP contribution < -0.4 is 15.4 Å². The zero-order chi connectivity index (χ0) is 20.8. The number of rotatable bonds is 8. The first kappa shape index (κ1) is 20.7. The van der Waals surface area contributed by atoms with Gasteiger partial charge in [-0.05, 0) is 42.5 Å². The minimum Gasteiger partial charge on any atom is -0.484 e. The van der Waals surface area contributed by atoms with Crippen molar-refractivity contribution in [1.29, 1.82) is 0 Å². The minimum absolute atomic E-state index is 0.0228. The molecule has 1 heterocycles. The average Bonchev–Trinajstić information content (AvgIpc) is 3.02. The SMILES string of the molecule is CCC(=O)NCCc1nc2cc(NC(=O)COc3ccc(Cl)cc3)ccc2n1C. The molecular formula is C21H23ClN4O3. The van der Waals surface area contributed by atoms with Crippen LogP contribution >= 0.6 is 11.6 Å². The number of carbonyl (C=O) groups excluding carboxylic acids is 2. The Labute approximate surface area is 174 Å². The van der Waals surface area contributed by atoms with Crippen LogP contribution in [0.3, 0.4) is 0 Å². The number of imidazole rings is 1. The summed E-state index contributed by atoms with van der Waals surface area (Å²) in [5.74, 6) is 1.20. The monoisotopic (exact) mass is 414 g/mol. The minimum atomic E-state index is -0.266. The van der Waals surface area contributed by atoms with E-state index in [9.17, 15) is 9.59 Å². The zero-order valence-corrected chi connectivity index (χ0v) is 17.1. The first-order valence-corrected chi connectivity index (χ1v) is 9.74. The Hall–Kier alpha value is -3.06. The average molecular weight is 415 g/mol. The van der Waals surface area contributed by atoms with Gasteiger partial charge in [-0.25, -0.2) is 4.98 Å². The van der Waals surface area contributed by atoms with E-state index in [1.54, 1.807) is 24.3 Å². The number of benzene rings is 2. The lowest BCUT2D eigenvalue weighted by molar-refractivity contribution is -0.120. The second kappa shape index (κ2) is 9.43. The number of nitrogens with one attached hydrogen (secondary N) is 2. The molecule has 2 N–H and O–H groups in total. The van der Waals surface area contributed by atoms with Crippen molar-refractivity contribution in [2.45, 2.75) is 19.8 Å². The Morgan fingerprint density at radius 2 is 1.90 bits per heavy atom. The molecule has 0 saturated carbocycles. The van der Waals surface area contributed by atoms with Crippen molar-refractivity contribution in [2.24, 2.45) is 7.05 Å². The van der Waals surface area contributed by atoms with Gasteiger partial charge in [0.05, 0.1) is 11.0 Å². The highest BCUT2D eigenvalue weighted by atomic mass is 35.5. The Morgan fingerprint density at radius 1 is 1.14 bits per heavy atom. The number of ether oxygens (including phenoxy) is 1. The molecule has 0 fully saturated rings. The summed E-state index contributed by atoms with van der Waals surface area (Å²) >= 11 is 5.83. The van der Waals surface area contributed by atoms with Gasteiger partial charge in [-0.15, -0.1) is 0 Å². The third kappa shape index (κ3) is 5.48. The van der Waals surface area contributed by atoms with Crippen LogP contribution in [0, 0.1) is 0 Å². The number of fused-ring (bicyclic) bond motifs is 1. The second-order valence-corrected chi connectivity index (χ2v) is 6.97. The summed E-state index contributed by atoms with van der Waals surface area (Å²) in [4.78, 5) is 28.2. The Bertz CT molecular complexity index is 1010. The van der Waals surface area contributed by atoms with Crippen LogP contribution in [-0.2, 0) is 23.1 Å². The van der Waals surface area contributed by atoms with E-state index in [1.807, 2.05) is 36.7 Å². The van der Waals surface area contributed by atoms with Crippen molar-refractivity contribution in [1.82, 2.24) is 14.9 Å². The molecular weight excluding hydrogens is 392 g/mol. The number of halogens is 1. The largest absolute Gasteiger partial charge is 0.484 e. The third-order valence-corrected chi connectivity index (χ3v) is 4.68. The summed E-state index contributed by atoms with van der Waals surface area (Å²) in [7, 11) is 1.94. The standard InChI is InChI=1S/C21H23ClN4O3/c1-3-20(27)23-11-10-19-25-17-12-15(6-9-18(17)26(19)2)24-21(28)13-29-16-7-4-14(22)5-8-16/h4-9,12H,3,10-11,13H2,1-2H3,(H,23,27)(H,24,28). The summed E-state index contributed by atoms with van der Waals surface area (Å²) in [5.41, 5.74) is 2.38. The van der Waals surface area contributed by atoms with Gasteiger partial charge < -0.3 is 19.9 Å². The number of hydrogen-bond donors (Lipinski definition) is 2. The Balaban J connectivity index is 1.60. The van der Waals surface area contributed by atoms with Gasteiger partial charge in [-0.2, -0.15) is 0 Å². The van der Waals surface area contributed by atoms with E-state index in [0.29, 0.717) is 35.8 Å². The summed E-state index contributed by atoms with van der Waals surface area (Å²) in [6.07, 6.45) is 1.10. The number of hydrogen-bond acceptors (Lipinski definition) is 4. The van der Waals surface area contributed by atoms with Crippen LogP contribution in [0.4, 0.5) is 5.69 Å². The van der Waals surface area contributed by atoms with Crippen LogP contribution in [0.5, 0.6) is 5.75 Å². The Morgan fingerprint density at radius 3 is 2.62 bits per heavy atom. The smallest absolute Gasteiger partial charge is 0.262 e. The fourth-order valence-electron chi connectivity index (χ4n) is 2.87. The van der Waals surface area contributed by atoms with Crippen molar-refractivity contribution in [2.75, 3.05) is 18.5 Å². The van der Waals surface area contributed by atoms with Crippen molar-refractivity contribution in [3.63, 3.8) is 0 Å². The van der Waals surface area contributed by atoms with Crippen LogP contribution in [0.1, 0.15) is 19.2 Å². The van der Waals surface area contributed by atoms with Crippen molar-refractivity contribution in [3.8, 4) is 5.75 Å². The van der Waals surface area contributed by atoms with Gasteiger partial charge in [0.15, 0.2) is 6.61 Å². The summed E-state index contributed by atoms with van der Waals surface area (Å²) in [6.45, 7) is 2.25. The number of aromatic nitrogens is 2. The molecule has 0 atom stereocenters. The molecule has 0 spiro atoms. The van der Waals surface area contributed by atoms with Gasteiger partial charge in [0.1, 0.15) is 11.6 Å². The topological polar surface area (TPSA) is 85.2 Å². The van der Waals surface area contributed by atoms with Crippen LogP contribution in [0.15, 0.2) is 42.5 Å². The molecule has 0 aliphatic carbocycles. The molecule has 3 aromatic rings. The highest BCUT2D eigenvalue weighted by Gasteiger charge is 2.10. The normalized spacial score (nSPS) is 10.7. The summed E-state index contributed by atoms with van der Waals surface area (Å²) < 4.78 is 7.44. The Kier molecular flexibility index (Phi) is 6.72. The van der Waals surface area contributed by atoms with Gasteiger partial charge in [0, 0.05) is 37.1 Å². The molecule has 1 aromatic heterocycles. The predicted octanol–water partition coefficient (Wildman–Crippen LogP) is 3.31. The maximum Gasteiger partial charge on any atom is 0.262 e. The van der Waals surface area contributed by atoms with Crippen LogP contribution in [-0.4, -0.2) is 34.5 Å². The van der Waals surface area contributed by atoms with Crippen molar-refractivity contribution in [3.05, 3.63) is 53.3 Å². The summed E-state index contributed by atoms with van der Waals surface area (Å²) in [5, 5.41) is 6.27. The van der Waals surface area contributed by atoms with E-state index in [-0.39, 0.29) is 18.4 Å². The first-order valence-electron chi connectivity index (χ1n) is 9.36. The summed E-state index contributed by atoms with van der Waals surface area (Å²) in [6, 6.07) is 12.4. The molecule has 152 valence electrons. The zero-order valence-electron chi connectivity index (χ0n) is 16.4. The molecule has 0 aliphatic rings. The van der Waals surface area contributed by atoms with E-state index in [2.05, 4.69) is 15.6 Å². The molecule has 8 heteroatoms. The second-order valence-electron chi connectivity index (χ2n) is 6.53. The number of carbonyl (C=O) groups is 2. The fourth-order valence-corrected chi connectivity index (χ4v) is 2.99. The highest BCUT2D eigenvalue weighted by molar-refractivity contribution is 6.30. The first-order chi connectivity index (χ1) is 14.0. The van der Waals surface area contributed by atoms with E-state index < -0.39 is 0 Å². The fraction of sp³-hybridized carbons (Fsp3) is 0.286. The molecule has 7 nitrogen and oxygen atoms in total. The van der Waals surface area contributed by atoms with E-state index >= 15 is 0 Å². The van der Waals surface area contributed by atoms with E-state index in [1.165, 1.54) is 0 Å². The van der Waals surface area contributed by atoms with Crippen LogP contribution in [0.2, 0.25) is 5.02 Å². The number of amides is 2. The number of anilines is 1. The maximum absolute atomic E-state index is 12.2. The molecule has 0 bridgehead atoms. The van der Waals surface area contributed by atoms with Gasteiger partial charge in [-0.3, -0.25) is 9.59 Å². The van der Waals surface area contributed by atoms with Crippen molar-refractivity contribution < 1.29 is 14.3 Å². The highest BCUT2D eigenvalue weighted by Crippen LogP contribution is 2.20. The molecule has 0 radical (unpaired) electrons. The van der Waals surface area contributed by atoms with Gasteiger partial charge in [0.25, 0.3) is 5.91 Å². The van der Waals surface area contributed by atoms with Gasteiger partial charge in [0.2, 0.25) is 5.91 Å². The lowest BCUT2D eigenvalue weighted by Crippen LogP contribution is -2.25. The molecule has 29 heavy (non-hydrogen) atoms. The molecule has 2 amide bonds. The lowest BCUT2D eigenvalue weighted by Gasteiger charge is -2.08. The van der Waals surface area contributed by atoms with E-state index in [4.69, 9.17) is 16.3 Å². The number of nitrogens with zero attached hydrogens (tertiary/aromatic N) is 2. The molecule has 2 aromatic carbocycles. The van der Waals surface area contributed by atoms with E-state index in [0.717, 1.165) is 16.9 Å². The molecule has 0 saturated heterocycles. The van der Waals surface area contributed by atoms with Crippen molar-refractivity contribution >= 4 is 40.1 Å². The maximum atomic E-state index is 12.2. The molecule has 0 aliphatic heterocycles. The number of aryl methyl sites for hydroxylation is 1. The molecule has 3 rings (SSSR count). The van der Waals surface area contributed by atoms with Gasteiger partial charge >= 0.3 is 0 Å². The van der Waals surface area contributed by atoms with Gasteiger partial charge in [-0.1, -0.05) is 18.5 Å². The quantitative estimate of drug-likeness (QED) is 0.592. The lowest BCUT2D eigenvalue weighted by atomic mass is 10.2. The van der Waals surface area contributed by atoms with Crippen LogP contribution in [0.25, 0.3) is 11.0 Å². The third-order valence-electron chi connectivity index (χ3n) is 4.43. The predicted molar refractivity (Wildman–Crippen MR) is 113 cm³/mol.